The fourth-order valence-electron chi connectivity index (χ4n) is 2.32. The van der Waals surface area contributed by atoms with Gasteiger partial charge in [0, 0.05) is 27.9 Å². The summed E-state index contributed by atoms with van der Waals surface area (Å²) in [6.45, 7) is 0. The second-order valence-electron chi connectivity index (χ2n) is 5.08. The molecule has 7 heteroatoms. The molecule has 4 N–H and O–H groups in total. The number of aromatic carboxylic acids is 1. The van der Waals surface area contributed by atoms with Crippen LogP contribution in [0.2, 0.25) is 5.02 Å². The van der Waals surface area contributed by atoms with Gasteiger partial charge >= 0.3 is 5.97 Å². The summed E-state index contributed by atoms with van der Waals surface area (Å²) in [4.78, 5) is 27.1. The summed E-state index contributed by atoms with van der Waals surface area (Å²) in [6, 6.07) is 11.5. The van der Waals surface area contributed by atoms with Crippen LogP contribution in [0.5, 0.6) is 0 Å². The number of carbonyl (C=O) groups excluding carboxylic acids is 1. The zero-order chi connectivity index (χ0) is 17.3. The number of nitrogens with one attached hydrogen (secondary N) is 1. The summed E-state index contributed by atoms with van der Waals surface area (Å²) in [5.41, 5.74) is 7.09. The third-order valence-electron chi connectivity index (χ3n) is 3.50. The van der Waals surface area contributed by atoms with Crippen molar-refractivity contribution in [3.63, 3.8) is 0 Å². The van der Waals surface area contributed by atoms with Gasteiger partial charge in [0.2, 0.25) is 5.91 Å². The molecule has 6 nitrogen and oxygen atoms in total. The Morgan fingerprint density at radius 2 is 1.83 bits per heavy atom. The van der Waals surface area contributed by atoms with Crippen LogP contribution in [0.4, 0.5) is 11.4 Å². The number of rotatable bonds is 4. The Balaban J connectivity index is 2.22. The van der Waals surface area contributed by atoms with Gasteiger partial charge in [-0.2, -0.15) is 0 Å². The first-order valence-corrected chi connectivity index (χ1v) is 7.32. The van der Waals surface area contributed by atoms with Gasteiger partial charge in [0.05, 0.1) is 11.2 Å². The van der Waals surface area contributed by atoms with E-state index in [1.807, 2.05) is 0 Å². The van der Waals surface area contributed by atoms with Crippen molar-refractivity contribution in [2.45, 2.75) is 0 Å². The van der Waals surface area contributed by atoms with E-state index in [0.29, 0.717) is 27.3 Å². The number of halogens is 1. The molecule has 0 unspecified atom stereocenters. The molecule has 0 bridgehead atoms. The van der Waals surface area contributed by atoms with Crippen molar-refractivity contribution >= 4 is 45.8 Å². The topological polar surface area (TPSA) is 105 Å². The van der Waals surface area contributed by atoms with E-state index in [2.05, 4.69) is 10.3 Å². The largest absolute Gasteiger partial charge is 0.478 e. The molecule has 0 radical (unpaired) electrons. The van der Waals surface area contributed by atoms with Crippen LogP contribution >= 0.6 is 11.6 Å². The van der Waals surface area contributed by atoms with Gasteiger partial charge in [-0.15, -0.1) is 0 Å². The summed E-state index contributed by atoms with van der Waals surface area (Å²) in [7, 11) is 0. The number of carbonyl (C=O) groups is 2. The predicted octanol–water partition coefficient (Wildman–Crippen LogP) is 3.43. The van der Waals surface area contributed by atoms with E-state index >= 15 is 0 Å². The summed E-state index contributed by atoms with van der Waals surface area (Å²) >= 11 is 5.86. The van der Waals surface area contributed by atoms with E-state index in [4.69, 9.17) is 17.3 Å². The molecule has 120 valence electrons. The van der Waals surface area contributed by atoms with Crippen molar-refractivity contribution in [2.75, 3.05) is 5.32 Å². The van der Waals surface area contributed by atoms with Crippen LogP contribution in [0.3, 0.4) is 0 Å². The summed E-state index contributed by atoms with van der Waals surface area (Å²) in [5, 5.41) is 13.5. The fourth-order valence-corrected chi connectivity index (χ4v) is 2.45. The highest BCUT2D eigenvalue weighted by atomic mass is 35.5. The molecule has 1 aromatic heterocycles. The van der Waals surface area contributed by atoms with Crippen LogP contribution in [-0.4, -0.2) is 22.0 Å². The third-order valence-corrected chi connectivity index (χ3v) is 3.75. The van der Waals surface area contributed by atoms with E-state index in [9.17, 15) is 14.7 Å². The lowest BCUT2D eigenvalue weighted by molar-refractivity contribution is 0.0697. The van der Waals surface area contributed by atoms with Gasteiger partial charge in [-0.1, -0.05) is 11.6 Å². The number of aromatic nitrogens is 1. The number of hydrogen-bond donors (Lipinski definition) is 3. The Bertz CT molecular complexity index is 950. The minimum absolute atomic E-state index is 0.0147. The van der Waals surface area contributed by atoms with Crippen molar-refractivity contribution in [1.82, 2.24) is 4.98 Å². The van der Waals surface area contributed by atoms with E-state index in [-0.39, 0.29) is 11.1 Å². The number of hydrogen-bond acceptors (Lipinski definition) is 4. The number of benzene rings is 2. The quantitative estimate of drug-likeness (QED) is 0.674. The highest BCUT2D eigenvalue weighted by Gasteiger charge is 2.16. The lowest BCUT2D eigenvalue weighted by atomic mass is 10.1. The molecule has 0 spiro atoms. The molecule has 0 saturated carbocycles. The molecule has 3 aromatic rings. The van der Waals surface area contributed by atoms with E-state index in [0.717, 1.165) is 0 Å². The Morgan fingerprint density at radius 3 is 2.46 bits per heavy atom. The maximum Gasteiger partial charge on any atom is 0.339 e. The number of fused-ring (bicyclic) bond motifs is 1. The molecule has 0 aliphatic rings. The molecule has 1 amide bonds. The number of carboxylic acids is 1. The molecule has 0 aliphatic carbocycles. The number of pyridine rings is 1. The van der Waals surface area contributed by atoms with Crippen molar-refractivity contribution in [3.8, 4) is 0 Å². The van der Waals surface area contributed by atoms with Crippen molar-refractivity contribution < 1.29 is 14.7 Å². The average Bonchev–Trinajstić information content (AvgIpc) is 2.56. The van der Waals surface area contributed by atoms with Crippen LogP contribution in [0, 0.1) is 0 Å². The van der Waals surface area contributed by atoms with Crippen LogP contribution in [-0.2, 0) is 0 Å². The first-order chi connectivity index (χ1) is 11.5. The standard InChI is InChI=1S/C17H12ClN3O3/c18-10-2-4-11(5-3-10)21-15-12-7-9(16(19)22)1-6-14(12)20-8-13(15)17(23)24/h1-8H,(H2,19,22)(H,20,21)(H,23,24). The minimum atomic E-state index is -1.13. The molecule has 0 atom stereocenters. The Hall–Kier alpha value is -3.12. The van der Waals surface area contributed by atoms with E-state index in [1.165, 1.54) is 12.3 Å². The average molecular weight is 342 g/mol. The van der Waals surface area contributed by atoms with Crippen molar-refractivity contribution in [2.24, 2.45) is 5.73 Å². The van der Waals surface area contributed by atoms with E-state index in [1.54, 1.807) is 36.4 Å². The van der Waals surface area contributed by atoms with Crippen molar-refractivity contribution in [3.05, 3.63) is 64.8 Å². The van der Waals surface area contributed by atoms with Gasteiger partial charge in [0.15, 0.2) is 0 Å². The fraction of sp³-hybridized carbons (Fsp3) is 0. The Labute approximate surface area is 141 Å². The van der Waals surface area contributed by atoms with Gasteiger partial charge < -0.3 is 16.2 Å². The lowest BCUT2D eigenvalue weighted by Gasteiger charge is -2.13. The zero-order valence-corrected chi connectivity index (χ0v) is 13.0. The maximum absolute atomic E-state index is 11.5. The second kappa shape index (κ2) is 6.17. The Morgan fingerprint density at radius 1 is 1.12 bits per heavy atom. The molecular formula is C17H12ClN3O3. The van der Waals surface area contributed by atoms with Crippen LogP contribution < -0.4 is 11.1 Å². The number of amides is 1. The van der Waals surface area contributed by atoms with Gasteiger partial charge in [0.1, 0.15) is 5.56 Å². The molecular weight excluding hydrogens is 330 g/mol. The van der Waals surface area contributed by atoms with Gasteiger partial charge in [0.25, 0.3) is 0 Å². The van der Waals surface area contributed by atoms with Crippen LogP contribution in [0.1, 0.15) is 20.7 Å². The highest BCUT2D eigenvalue weighted by Crippen LogP contribution is 2.30. The molecule has 24 heavy (non-hydrogen) atoms. The highest BCUT2D eigenvalue weighted by molar-refractivity contribution is 6.30. The van der Waals surface area contributed by atoms with Crippen LogP contribution in [0.15, 0.2) is 48.7 Å². The molecule has 0 aliphatic heterocycles. The van der Waals surface area contributed by atoms with Gasteiger partial charge in [-0.3, -0.25) is 9.78 Å². The third kappa shape index (κ3) is 3.00. The Kier molecular flexibility index (Phi) is 4.05. The predicted molar refractivity (Wildman–Crippen MR) is 92.0 cm³/mol. The molecule has 3 rings (SSSR count). The summed E-state index contributed by atoms with van der Waals surface area (Å²) in [5.74, 6) is -1.74. The first-order valence-electron chi connectivity index (χ1n) is 6.94. The van der Waals surface area contributed by atoms with Gasteiger partial charge in [-0.05, 0) is 42.5 Å². The van der Waals surface area contributed by atoms with E-state index < -0.39 is 11.9 Å². The number of primary amides is 1. The minimum Gasteiger partial charge on any atom is -0.478 e. The molecule has 2 aromatic carbocycles. The SMILES string of the molecule is NC(=O)c1ccc2ncc(C(=O)O)c(Nc3ccc(Cl)cc3)c2c1. The number of anilines is 2. The summed E-state index contributed by atoms with van der Waals surface area (Å²) < 4.78 is 0. The number of carboxylic acid groups (broad SMARTS) is 1. The van der Waals surface area contributed by atoms with Gasteiger partial charge in [-0.25, -0.2) is 4.79 Å². The molecule has 0 fully saturated rings. The normalized spacial score (nSPS) is 10.5. The maximum atomic E-state index is 11.5. The first kappa shape index (κ1) is 15.8. The second-order valence-corrected chi connectivity index (χ2v) is 5.52. The zero-order valence-electron chi connectivity index (χ0n) is 12.3. The number of nitrogens with zero attached hydrogens (tertiary/aromatic N) is 1. The molecule has 0 saturated heterocycles. The van der Waals surface area contributed by atoms with Crippen molar-refractivity contribution in [1.29, 1.82) is 0 Å². The monoisotopic (exact) mass is 341 g/mol. The smallest absolute Gasteiger partial charge is 0.339 e. The van der Waals surface area contributed by atoms with Crippen LogP contribution in [0.25, 0.3) is 10.9 Å². The lowest BCUT2D eigenvalue weighted by Crippen LogP contribution is -2.11. The number of nitrogens with two attached hydrogens (primary N) is 1. The summed E-state index contributed by atoms with van der Waals surface area (Å²) in [6.07, 6.45) is 1.27. The molecule has 1 heterocycles.